The molecular weight excluding hydrogens is 306 g/mol. The molecule has 25 heavy (non-hydrogen) atoms. The average Bonchev–Trinajstić information content (AvgIpc) is 3.01. The van der Waals surface area contributed by atoms with Crippen LogP contribution in [0.3, 0.4) is 0 Å². The van der Waals surface area contributed by atoms with Gasteiger partial charge in [-0.3, -0.25) is 4.98 Å². The molecule has 2 aromatic heterocycles. The van der Waals surface area contributed by atoms with Gasteiger partial charge in [-0.05, 0) is 18.6 Å². The molecule has 0 saturated heterocycles. The number of hydrogen-bond acceptors (Lipinski definition) is 2. The topological polar surface area (TPSA) is 26.0 Å². The Hall–Kier alpha value is -2.61. The molecule has 4 rings (SSSR count). The van der Waals surface area contributed by atoms with Crippen molar-refractivity contribution in [2.24, 2.45) is 0 Å². The number of rotatable bonds is 2. The average molecular weight is 333 g/mol. The molecule has 0 spiro atoms. The van der Waals surface area contributed by atoms with Crippen LogP contribution >= 0.6 is 0 Å². The molecule has 0 unspecified atom stereocenters. The summed E-state index contributed by atoms with van der Waals surface area (Å²) in [6, 6.07) is 18.7. The van der Waals surface area contributed by atoms with E-state index in [4.69, 9.17) is 4.42 Å². The van der Waals surface area contributed by atoms with Crippen molar-refractivity contribution in [1.29, 1.82) is 0 Å². The molecule has 0 aliphatic heterocycles. The van der Waals surface area contributed by atoms with E-state index in [0.717, 1.165) is 28.7 Å². The van der Waals surface area contributed by atoms with Crippen molar-refractivity contribution in [3.63, 3.8) is 0 Å². The van der Waals surface area contributed by atoms with Gasteiger partial charge in [0.2, 0.25) is 0 Å². The highest BCUT2D eigenvalue weighted by atomic mass is 16.3. The van der Waals surface area contributed by atoms with Gasteiger partial charge in [0.15, 0.2) is 5.58 Å². The first-order chi connectivity index (χ1) is 12.3. The van der Waals surface area contributed by atoms with Crippen molar-refractivity contribution in [1.82, 2.24) is 4.98 Å². The molecule has 0 atom stereocenters. The Morgan fingerprint density at radius 2 is 1.48 bits per heavy atom. The fourth-order valence-electron chi connectivity index (χ4n) is 2.93. The van der Waals surface area contributed by atoms with Crippen molar-refractivity contribution in [3.8, 4) is 0 Å². The number of hydrogen-bond donors (Lipinski definition) is 0. The van der Waals surface area contributed by atoms with E-state index in [1.54, 1.807) is 0 Å². The Morgan fingerprint density at radius 3 is 2.20 bits per heavy atom. The van der Waals surface area contributed by atoms with Gasteiger partial charge in [-0.2, -0.15) is 0 Å². The first-order valence-electron chi connectivity index (χ1n) is 9.12. The lowest BCUT2D eigenvalue weighted by Gasteiger charge is -2.03. The van der Waals surface area contributed by atoms with E-state index in [2.05, 4.69) is 41.4 Å². The molecule has 2 aromatic carbocycles. The molecule has 0 bridgehead atoms. The van der Waals surface area contributed by atoms with Gasteiger partial charge in [0.25, 0.3) is 0 Å². The van der Waals surface area contributed by atoms with Gasteiger partial charge < -0.3 is 4.42 Å². The SMILES string of the molecule is CC.CC.Cc1oc2cnc3ccccc3c2c1Cc1ccccc1. The fourth-order valence-corrected chi connectivity index (χ4v) is 2.93. The summed E-state index contributed by atoms with van der Waals surface area (Å²) in [5.74, 6) is 0.979. The minimum absolute atomic E-state index is 0.872. The third-order valence-corrected chi connectivity index (χ3v) is 3.95. The van der Waals surface area contributed by atoms with E-state index in [0.29, 0.717) is 0 Å². The number of furan rings is 1. The number of aryl methyl sites for hydroxylation is 1. The van der Waals surface area contributed by atoms with Crippen LogP contribution in [-0.2, 0) is 6.42 Å². The van der Waals surface area contributed by atoms with E-state index in [1.807, 2.05) is 59.0 Å². The molecule has 0 amide bonds. The van der Waals surface area contributed by atoms with Gasteiger partial charge >= 0.3 is 0 Å². The summed E-state index contributed by atoms with van der Waals surface area (Å²) in [5, 5.41) is 2.36. The highest BCUT2D eigenvalue weighted by molar-refractivity contribution is 6.05. The van der Waals surface area contributed by atoms with E-state index in [-0.39, 0.29) is 0 Å². The fraction of sp³-hybridized carbons (Fsp3) is 0.261. The second-order valence-corrected chi connectivity index (χ2v) is 5.31. The van der Waals surface area contributed by atoms with Crippen molar-refractivity contribution < 1.29 is 4.42 Å². The van der Waals surface area contributed by atoms with Crippen LogP contribution in [-0.4, -0.2) is 4.98 Å². The molecule has 2 heteroatoms. The quantitative estimate of drug-likeness (QED) is 0.397. The normalized spacial score (nSPS) is 9.96. The molecule has 0 N–H and O–H groups in total. The summed E-state index contributed by atoms with van der Waals surface area (Å²) in [6.45, 7) is 10.0. The lowest BCUT2D eigenvalue weighted by Crippen LogP contribution is -1.89. The number of para-hydroxylation sites is 1. The smallest absolute Gasteiger partial charge is 0.153 e. The molecule has 130 valence electrons. The summed E-state index contributed by atoms with van der Waals surface area (Å²) in [4.78, 5) is 4.48. The van der Waals surface area contributed by atoms with E-state index < -0.39 is 0 Å². The zero-order chi connectivity index (χ0) is 18.2. The number of benzene rings is 2. The highest BCUT2D eigenvalue weighted by Crippen LogP contribution is 2.32. The van der Waals surface area contributed by atoms with Crippen LogP contribution in [0.1, 0.15) is 44.6 Å². The van der Waals surface area contributed by atoms with Crippen LogP contribution in [0, 0.1) is 6.92 Å². The lowest BCUT2D eigenvalue weighted by molar-refractivity contribution is 0.572. The Labute approximate surface area is 150 Å². The zero-order valence-corrected chi connectivity index (χ0v) is 15.8. The summed E-state index contributed by atoms with van der Waals surface area (Å²) < 4.78 is 5.92. The van der Waals surface area contributed by atoms with Gasteiger partial charge in [0.1, 0.15) is 5.76 Å². The van der Waals surface area contributed by atoms with Gasteiger partial charge in [-0.25, -0.2) is 0 Å². The molecule has 0 radical (unpaired) electrons. The molecule has 4 aromatic rings. The van der Waals surface area contributed by atoms with Gasteiger partial charge in [-0.15, -0.1) is 0 Å². The predicted molar refractivity (Wildman–Crippen MR) is 108 cm³/mol. The maximum absolute atomic E-state index is 5.92. The molecular formula is C23H27NO. The third kappa shape index (κ3) is 3.90. The van der Waals surface area contributed by atoms with Gasteiger partial charge in [0, 0.05) is 22.8 Å². The van der Waals surface area contributed by atoms with Crippen molar-refractivity contribution in [2.45, 2.75) is 41.0 Å². The molecule has 0 aliphatic rings. The standard InChI is InChI=1S/C19H15NO.2C2H6/c1-13-16(11-14-7-3-2-4-8-14)19-15-9-5-6-10-17(15)20-12-18(19)21-13;2*1-2/h2-10,12H,11H2,1H3;2*1-2H3. The first-order valence-corrected chi connectivity index (χ1v) is 9.12. The molecule has 2 heterocycles. The van der Waals surface area contributed by atoms with E-state index >= 15 is 0 Å². The second kappa shape index (κ2) is 9.03. The minimum Gasteiger partial charge on any atom is -0.459 e. The van der Waals surface area contributed by atoms with Crippen LogP contribution in [0.2, 0.25) is 0 Å². The number of pyridine rings is 1. The number of nitrogens with zero attached hydrogens (tertiary/aromatic N) is 1. The molecule has 0 fully saturated rings. The zero-order valence-electron chi connectivity index (χ0n) is 15.8. The summed E-state index contributed by atoms with van der Waals surface area (Å²) in [7, 11) is 0. The maximum atomic E-state index is 5.92. The summed E-state index contributed by atoms with van der Waals surface area (Å²) >= 11 is 0. The Balaban J connectivity index is 0.000000528. The minimum atomic E-state index is 0.872. The van der Waals surface area contributed by atoms with Crippen LogP contribution in [0.15, 0.2) is 65.2 Å². The Bertz CT molecular complexity index is 923. The van der Waals surface area contributed by atoms with E-state index in [9.17, 15) is 0 Å². The highest BCUT2D eigenvalue weighted by Gasteiger charge is 2.14. The summed E-state index contributed by atoms with van der Waals surface area (Å²) in [6.07, 6.45) is 2.72. The van der Waals surface area contributed by atoms with Crippen molar-refractivity contribution in [2.75, 3.05) is 0 Å². The first kappa shape index (κ1) is 18.7. The number of aromatic nitrogens is 1. The largest absolute Gasteiger partial charge is 0.459 e. The van der Waals surface area contributed by atoms with Crippen LogP contribution < -0.4 is 0 Å². The molecule has 0 aliphatic carbocycles. The third-order valence-electron chi connectivity index (χ3n) is 3.95. The Kier molecular flexibility index (Phi) is 6.76. The van der Waals surface area contributed by atoms with Crippen molar-refractivity contribution >= 4 is 21.9 Å². The van der Waals surface area contributed by atoms with Crippen LogP contribution in [0.4, 0.5) is 0 Å². The number of fused-ring (bicyclic) bond motifs is 3. The summed E-state index contributed by atoms with van der Waals surface area (Å²) in [5.41, 5.74) is 4.44. The van der Waals surface area contributed by atoms with Crippen LogP contribution in [0.25, 0.3) is 21.9 Å². The molecule has 0 saturated carbocycles. The lowest BCUT2D eigenvalue weighted by atomic mass is 10.00. The van der Waals surface area contributed by atoms with E-state index in [1.165, 1.54) is 16.5 Å². The predicted octanol–water partition coefficient (Wildman–Crippen LogP) is 6.93. The maximum Gasteiger partial charge on any atom is 0.153 e. The van der Waals surface area contributed by atoms with Gasteiger partial charge in [-0.1, -0.05) is 76.2 Å². The van der Waals surface area contributed by atoms with Gasteiger partial charge in [0.05, 0.1) is 11.7 Å². The molecule has 2 nitrogen and oxygen atoms in total. The second-order valence-electron chi connectivity index (χ2n) is 5.31. The Morgan fingerprint density at radius 1 is 0.840 bits per heavy atom. The van der Waals surface area contributed by atoms with Crippen LogP contribution in [0.5, 0.6) is 0 Å². The monoisotopic (exact) mass is 333 g/mol. The van der Waals surface area contributed by atoms with Crippen molar-refractivity contribution in [3.05, 3.63) is 77.7 Å².